The van der Waals surface area contributed by atoms with Crippen LogP contribution in [0.15, 0.2) is 29.1 Å². The second-order valence-corrected chi connectivity index (χ2v) is 7.25. The molecule has 0 aliphatic carbocycles. The predicted octanol–water partition coefficient (Wildman–Crippen LogP) is 1.82. The summed E-state index contributed by atoms with van der Waals surface area (Å²) >= 11 is 0. The maximum Gasteiger partial charge on any atom is 0.329 e. The van der Waals surface area contributed by atoms with Crippen molar-refractivity contribution in [2.75, 3.05) is 26.3 Å². The van der Waals surface area contributed by atoms with Gasteiger partial charge in [0.15, 0.2) is 6.29 Å². The number of benzene rings is 1. The van der Waals surface area contributed by atoms with Gasteiger partial charge in [-0.05, 0) is 31.9 Å². The van der Waals surface area contributed by atoms with Gasteiger partial charge in [0.05, 0.1) is 24.2 Å². The number of para-hydroxylation sites is 2. The molecule has 1 aromatic carbocycles. The summed E-state index contributed by atoms with van der Waals surface area (Å²) in [6, 6.07) is 7.76. The van der Waals surface area contributed by atoms with Crippen molar-refractivity contribution in [1.29, 1.82) is 0 Å². The summed E-state index contributed by atoms with van der Waals surface area (Å²) in [6.45, 7) is 5.81. The minimum atomic E-state index is -0.0963. The number of fused-ring (bicyclic) bond motifs is 1. The number of carbonyl (C=O) groups is 1. The zero-order valence-corrected chi connectivity index (χ0v) is 15.8. The minimum Gasteiger partial charge on any atom is -0.350 e. The Hall–Kier alpha value is -2.12. The largest absolute Gasteiger partial charge is 0.350 e. The van der Waals surface area contributed by atoms with Crippen LogP contribution in [0.2, 0.25) is 0 Å². The quantitative estimate of drug-likeness (QED) is 0.802. The number of nitrogens with zero attached hydrogens (tertiary/aromatic N) is 3. The fraction of sp³-hybridized carbons (Fsp3) is 0.600. The molecule has 7 nitrogen and oxygen atoms in total. The molecule has 0 saturated carbocycles. The third-order valence-corrected chi connectivity index (χ3v) is 5.72. The van der Waals surface area contributed by atoms with Crippen LogP contribution in [0, 0.1) is 5.92 Å². The van der Waals surface area contributed by atoms with E-state index in [2.05, 4.69) is 0 Å². The van der Waals surface area contributed by atoms with Crippen LogP contribution >= 0.6 is 0 Å². The number of aryl methyl sites for hydroxylation is 2. The Labute approximate surface area is 158 Å². The number of hydrogen-bond acceptors (Lipinski definition) is 4. The molecule has 2 aliphatic heterocycles. The smallest absolute Gasteiger partial charge is 0.329 e. The van der Waals surface area contributed by atoms with Crippen LogP contribution in [0.3, 0.4) is 0 Å². The lowest BCUT2D eigenvalue weighted by molar-refractivity contribution is -0.137. The third-order valence-electron chi connectivity index (χ3n) is 5.72. The van der Waals surface area contributed by atoms with Gasteiger partial charge in [-0.15, -0.1) is 0 Å². The maximum absolute atomic E-state index is 12.7. The monoisotopic (exact) mass is 373 g/mol. The predicted molar refractivity (Wildman–Crippen MR) is 101 cm³/mol. The van der Waals surface area contributed by atoms with Crippen molar-refractivity contribution >= 4 is 16.9 Å². The molecule has 4 rings (SSSR count). The van der Waals surface area contributed by atoms with E-state index in [1.807, 2.05) is 36.1 Å². The molecule has 1 aromatic heterocycles. The molecule has 0 N–H and O–H groups in total. The van der Waals surface area contributed by atoms with E-state index in [1.54, 1.807) is 9.13 Å². The van der Waals surface area contributed by atoms with Gasteiger partial charge in [-0.2, -0.15) is 0 Å². The lowest BCUT2D eigenvalue weighted by Gasteiger charge is -2.34. The summed E-state index contributed by atoms with van der Waals surface area (Å²) in [5.41, 5.74) is 1.78. The van der Waals surface area contributed by atoms with Crippen LogP contribution in [-0.2, 0) is 27.4 Å². The van der Waals surface area contributed by atoms with Crippen molar-refractivity contribution in [2.24, 2.45) is 5.92 Å². The van der Waals surface area contributed by atoms with Crippen molar-refractivity contribution in [2.45, 2.75) is 45.6 Å². The summed E-state index contributed by atoms with van der Waals surface area (Å²) in [4.78, 5) is 27.2. The molecule has 0 unspecified atom stereocenters. The van der Waals surface area contributed by atoms with Crippen LogP contribution in [-0.4, -0.2) is 52.5 Å². The molecule has 27 heavy (non-hydrogen) atoms. The van der Waals surface area contributed by atoms with Crippen molar-refractivity contribution in [3.8, 4) is 0 Å². The average Bonchev–Trinajstić information content (AvgIpc) is 3.32. The number of hydrogen-bond donors (Lipinski definition) is 0. The molecule has 2 fully saturated rings. The lowest BCUT2D eigenvalue weighted by atomic mass is 9.96. The van der Waals surface area contributed by atoms with Gasteiger partial charge in [0.1, 0.15) is 0 Å². The Kier molecular flexibility index (Phi) is 5.31. The molecule has 1 amide bonds. The van der Waals surface area contributed by atoms with Gasteiger partial charge in [0.25, 0.3) is 0 Å². The zero-order valence-electron chi connectivity index (χ0n) is 15.8. The highest BCUT2D eigenvalue weighted by atomic mass is 16.7. The molecule has 146 valence electrons. The number of ether oxygens (including phenoxy) is 2. The first-order chi connectivity index (χ1) is 13.2. The van der Waals surface area contributed by atoms with Crippen LogP contribution in [0.25, 0.3) is 11.0 Å². The molecular weight excluding hydrogens is 346 g/mol. The molecule has 0 bridgehead atoms. The number of likely N-dealkylation sites (tertiary alicyclic amines) is 1. The molecule has 7 heteroatoms. The summed E-state index contributed by atoms with van der Waals surface area (Å²) in [7, 11) is 0. The Balaban J connectivity index is 1.38. The molecule has 2 aromatic rings. The van der Waals surface area contributed by atoms with Gasteiger partial charge in [0.2, 0.25) is 5.91 Å². The second-order valence-electron chi connectivity index (χ2n) is 7.25. The van der Waals surface area contributed by atoms with Crippen molar-refractivity contribution in [3.63, 3.8) is 0 Å². The SMILES string of the molecule is CCn1c(=O)n(CCC(=O)N2CCC(C3OCCO3)CC2)c2ccccc21. The normalized spacial score (nSPS) is 19.2. The molecule has 0 spiro atoms. The molecule has 0 radical (unpaired) electrons. The van der Waals surface area contributed by atoms with E-state index in [-0.39, 0.29) is 17.9 Å². The molecule has 3 heterocycles. The minimum absolute atomic E-state index is 0.0410. The van der Waals surface area contributed by atoms with E-state index in [1.165, 1.54) is 0 Å². The van der Waals surface area contributed by atoms with Gasteiger partial charge in [-0.25, -0.2) is 4.79 Å². The molecule has 2 saturated heterocycles. The fourth-order valence-electron chi connectivity index (χ4n) is 4.23. The van der Waals surface area contributed by atoms with Gasteiger partial charge in [-0.3, -0.25) is 13.9 Å². The van der Waals surface area contributed by atoms with Crippen molar-refractivity contribution in [1.82, 2.24) is 14.0 Å². The van der Waals surface area contributed by atoms with Gasteiger partial charge in [-0.1, -0.05) is 12.1 Å². The Morgan fingerprint density at radius 1 is 1.07 bits per heavy atom. The third kappa shape index (κ3) is 3.53. The maximum atomic E-state index is 12.7. The number of carbonyl (C=O) groups excluding carboxylic acids is 1. The first-order valence-electron chi connectivity index (χ1n) is 9.88. The van der Waals surface area contributed by atoms with Crippen molar-refractivity contribution in [3.05, 3.63) is 34.7 Å². The summed E-state index contributed by atoms with van der Waals surface area (Å²) in [6.07, 6.45) is 2.07. The second kappa shape index (κ2) is 7.86. The first-order valence-corrected chi connectivity index (χ1v) is 9.88. The Morgan fingerprint density at radius 3 is 2.33 bits per heavy atom. The van der Waals surface area contributed by atoms with Gasteiger partial charge >= 0.3 is 5.69 Å². The Morgan fingerprint density at radius 2 is 1.70 bits per heavy atom. The Bertz CT molecular complexity index is 858. The number of rotatable bonds is 5. The summed E-state index contributed by atoms with van der Waals surface area (Å²) in [5, 5.41) is 0. The van der Waals surface area contributed by atoms with E-state index in [0.717, 1.165) is 37.0 Å². The van der Waals surface area contributed by atoms with Gasteiger partial charge in [0, 0.05) is 38.5 Å². The van der Waals surface area contributed by atoms with E-state index < -0.39 is 0 Å². The van der Waals surface area contributed by atoms with E-state index in [0.29, 0.717) is 38.6 Å². The van der Waals surface area contributed by atoms with Crippen LogP contribution < -0.4 is 5.69 Å². The highest BCUT2D eigenvalue weighted by Gasteiger charge is 2.31. The molecule has 0 atom stereocenters. The van der Waals surface area contributed by atoms with Crippen LogP contribution in [0.1, 0.15) is 26.2 Å². The number of aromatic nitrogens is 2. The molecular formula is C20H27N3O4. The van der Waals surface area contributed by atoms with Crippen LogP contribution in [0.4, 0.5) is 0 Å². The lowest BCUT2D eigenvalue weighted by Crippen LogP contribution is -2.42. The summed E-state index contributed by atoms with van der Waals surface area (Å²) < 4.78 is 14.7. The molecule has 2 aliphatic rings. The van der Waals surface area contributed by atoms with E-state index >= 15 is 0 Å². The number of imidazole rings is 1. The number of piperidine rings is 1. The average molecular weight is 373 g/mol. The van der Waals surface area contributed by atoms with Crippen LogP contribution in [0.5, 0.6) is 0 Å². The summed E-state index contributed by atoms with van der Waals surface area (Å²) in [5.74, 6) is 0.489. The first kappa shape index (κ1) is 18.3. The fourth-order valence-corrected chi connectivity index (χ4v) is 4.23. The number of amides is 1. The van der Waals surface area contributed by atoms with E-state index in [9.17, 15) is 9.59 Å². The topological polar surface area (TPSA) is 65.7 Å². The van der Waals surface area contributed by atoms with Gasteiger partial charge < -0.3 is 14.4 Å². The highest BCUT2D eigenvalue weighted by molar-refractivity contribution is 5.78. The van der Waals surface area contributed by atoms with E-state index in [4.69, 9.17) is 9.47 Å². The highest BCUT2D eigenvalue weighted by Crippen LogP contribution is 2.26. The zero-order chi connectivity index (χ0) is 18.8. The van der Waals surface area contributed by atoms with Crippen molar-refractivity contribution < 1.29 is 14.3 Å². The standard InChI is InChI=1S/C20H27N3O4/c1-2-22-16-5-3-4-6-17(16)23(20(22)25)12-9-18(24)21-10-7-15(8-11-21)19-26-13-14-27-19/h3-6,15,19H,2,7-14H2,1H3.